The Kier molecular flexibility index (Phi) is 8.08. The number of anilines is 1. The van der Waals surface area contributed by atoms with Crippen molar-refractivity contribution in [1.82, 2.24) is 0 Å². The first-order chi connectivity index (χ1) is 16.7. The maximum absolute atomic E-state index is 12.4. The highest BCUT2D eigenvalue weighted by molar-refractivity contribution is 6.32. The number of nitriles is 1. The standard InChI is InChI=1S/C26H22ClN3O5/c1-16-4-9-23(17(2)10-16)29-25(31)15-35-26-22(27)12-18(13-24(26)34-3)11-20(14-28)19-5-7-21(8-6-19)30(32)33/h4-13H,15H2,1-3H3,(H,29,31)/b20-11+. The number of halogens is 1. The van der Waals surface area contributed by atoms with Crippen LogP contribution in [0.15, 0.2) is 54.6 Å². The molecule has 3 aromatic rings. The zero-order valence-corrected chi connectivity index (χ0v) is 20.1. The van der Waals surface area contributed by atoms with E-state index in [1.54, 1.807) is 18.2 Å². The number of aryl methyl sites for hydroxylation is 2. The topological polar surface area (TPSA) is 114 Å². The quantitative estimate of drug-likeness (QED) is 0.180. The first-order valence-electron chi connectivity index (χ1n) is 10.5. The maximum Gasteiger partial charge on any atom is 0.269 e. The number of methoxy groups -OCH3 is 1. The summed E-state index contributed by atoms with van der Waals surface area (Å²) < 4.78 is 11.0. The second-order valence-electron chi connectivity index (χ2n) is 7.66. The number of nitrogens with one attached hydrogen (secondary N) is 1. The molecule has 3 rings (SSSR count). The van der Waals surface area contributed by atoms with Crippen molar-refractivity contribution < 1.29 is 19.2 Å². The molecule has 0 radical (unpaired) electrons. The second-order valence-corrected chi connectivity index (χ2v) is 8.07. The lowest BCUT2D eigenvalue weighted by molar-refractivity contribution is -0.384. The number of non-ortho nitro benzene ring substituents is 1. The number of amides is 1. The van der Waals surface area contributed by atoms with Crippen LogP contribution in [-0.4, -0.2) is 24.5 Å². The summed E-state index contributed by atoms with van der Waals surface area (Å²) in [5.74, 6) is 0.115. The Morgan fingerprint density at radius 3 is 2.49 bits per heavy atom. The summed E-state index contributed by atoms with van der Waals surface area (Å²) in [4.78, 5) is 22.7. The largest absolute Gasteiger partial charge is 0.493 e. The van der Waals surface area contributed by atoms with Gasteiger partial charge in [-0.15, -0.1) is 0 Å². The first-order valence-corrected chi connectivity index (χ1v) is 10.8. The molecular formula is C26H22ClN3O5. The van der Waals surface area contributed by atoms with Crippen LogP contribution >= 0.6 is 11.6 Å². The van der Waals surface area contributed by atoms with Gasteiger partial charge in [-0.1, -0.05) is 29.3 Å². The molecule has 0 saturated heterocycles. The van der Waals surface area contributed by atoms with Crippen molar-refractivity contribution in [2.45, 2.75) is 13.8 Å². The number of ether oxygens (including phenoxy) is 2. The predicted molar refractivity (Wildman–Crippen MR) is 135 cm³/mol. The molecule has 1 N–H and O–H groups in total. The first kappa shape index (κ1) is 25.3. The van der Waals surface area contributed by atoms with Crippen LogP contribution in [0.2, 0.25) is 5.02 Å². The van der Waals surface area contributed by atoms with Crippen LogP contribution in [0.1, 0.15) is 22.3 Å². The van der Waals surface area contributed by atoms with Crippen LogP contribution in [0, 0.1) is 35.3 Å². The van der Waals surface area contributed by atoms with E-state index in [1.807, 2.05) is 32.0 Å². The minimum Gasteiger partial charge on any atom is -0.493 e. The number of allylic oxidation sites excluding steroid dienone is 1. The van der Waals surface area contributed by atoms with Gasteiger partial charge in [-0.05, 0) is 66.9 Å². The van der Waals surface area contributed by atoms with Gasteiger partial charge in [0.15, 0.2) is 18.1 Å². The number of carbonyl (C=O) groups excluding carboxylic acids is 1. The molecule has 0 aliphatic carbocycles. The van der Waals surface area contributed by atoms with Crippen LogP contribution in [0.25, 0.3) is 11.6 Å². The highest BCUT2D eigenvalue weighted by atomic mass is 35.5. The number of carbonyl (C=O) groups is 1. The van der Waals surface area contributed by atoms with Crippen molar-refractivity contribution in [2.24, 2.45) is 0 Å². The summed E-state index contributed by atoms with van der Waals surface area (Å²) in [5.41, 5.74) is 3.99. The number of nitrogens with zero attached hydrogens (tertiary/aromatic N) is 2. The smallest absolute Gasteiger partial charge is 0.269 e. The Bertz CT molecular complexity index is 1340. The Balaban J connectivity index is 1.78. The number of nitro benzene ring substituents is 1. The molecule has 0 aromatic heterocycles. The molecule has 8 nitrogen and oxygen atoms in total. The molecule has 3 aromatic carbocycles. The molecule has 1 amide bonds. The van der Waals surface area contributed by atoms with Crippen LogP contribution in [-0.2, 0) is 4.79 Å². The Hall–Kier alpha value is -4.35. The SMILES string of the molecule is COc1cc(/C=C(\C#N)c2ccc([N+](=O)[O-])cc2)cc(Cl)c1OCC(=O)Nc1ccc(C)cc1C. The van der Waals surface area contributed by atoms with E-state index < -0.39 is 4.92 Å². The molecule has 35 heavy (non-hydrogen) atoms. The summed E-state index contributed by atoms with van der Waals surface area (Å²) in [7, 11) is 1.43. The van der Waals surface area contributed by atoms with E-state index >= 15 is 0 Å². The molecule has 0 spiro atoms. The average Bonchev–Trinajstić information content (AvgIpc) is 2.83. The minimum absolute atomic E-state index is 0.0705. The lowest BCUT2D eigenvalue weighted by atomic mass is 10.0. The fraction of sp³-hybridized carbons (Fsp3) is 0.154. The average molecular weight is 492 g/mol. The van der Waals surface area contributed by atoms with Gasteiger partial charge in [0.2, 0.25) is 0 Å². The van der Waals surface area contributed by atoms with Crippen molar-refractivity contribution in [2.75, 3.05) is 19.0 Å². The van der Waals surface area contributed by atoms with Crippen molar-refractivity contribution >= 4 is 40.5 Å². The summed E-state index contributed by atoms with van der Waals surface area (Å²) in [6, 6.07) is 16.6. The second kappa shape index (κ2) is 11.2. The molecule has 0 saturated carbocycles. The minimum atomic E-state index is -0.509. The van der Waals surface area contributed by atoms with Crippen molar-refractivity contribution in [3.05, 3.63) is 92.0 Å². The van der Waals surface area contributed by atoms with E-state index in [9.17, 15) is 20.2 Å². The van der Waals surface area contributed by atoms with Gasteiger partial charge in [0.05, 0.1) is 28.7 Å². The molecule has 0 unspecified atom stereocenters. The fourth-order valence-electron chi connectivity index (χ4n) is 3.35. The number of benzene rings is 3. The highest BCUT2D eigenvalue weighted by Gasteiger charge is 2.15. The van der Waals surface area contributed by atoms with Gasteiger partial charge in [-0.25, -0.2) is 0 Å². The summed E-state index contributed by atoms with van der Waals surface area (Å²) >= 11 is 6.40. The molecule has 9 heteroatoms. The molecule has 0 atom stereocenters. The van der Waals surface area contributed by atoms with E-state index in [0.717, 1.165) is 11.1 Å². The third-order valence-corrected chi connectivity index (χ3v) is 5.36. The zero-order chi connectivity index (χ0) is 25.5. The van der Waals surface area contributed by atoms with E-state index in [1.165, 1.54) is 31.4 Å². The number of hydrogen-bond donors (Lipinski definition) is 1. The summed E-state index contributed by atoms with van der Waals surface area (Å²) in [5, 5.41) is 23.4. The molecule has 178 valence electrons. The maximum atomic E-state index is 12.4. The number of nitro groups is 1. The molecule has 0 heterocycles. The number of rotatable bonds is 8. The Labute approximate surface area is 207 Å². The van der Waals surface area contributed by atoms with Crippen LogP contribution < -0.4 is 14.8 Å². The van der Waals surface area contributed by atoms with Gasteiger partial charge in [-0.2, -0.15) is 5.26 Å². The molecule has 0 fully saturated rings. The fourth-order valence-corrected chi connectivity index (χ4v) is 3.62. The lowest BCUT2D eigenvalue weighted by Crippen LogP contribution is -2.21. The van der Waals surface area contributed by atoms with E-state index in [-0.39, 0.29) is 40.3 Å². The van der Waals surface area contributed by atoms with Crippen molar-refractivity contribution in [3.63, 3.8) is 0 Å². The normalized spacial score (nSPS) is 10.9. The molecular weight excluding hydrogens is 470 g/mol. The van der Waals surface area contributed by atoms with Crippen LogP contribution in [0.3, 0.4) is 0 Å². The lowest BCUT2D eigenvalue weighted by Gasteiger charge is -2.14. The highest BCUT2D eigenvalue weighted by Crippen LogP contribution is 2.37. The zero-order valence-electron chi connectivity index (χ0n) is 19.3. The van der Waals surface area contributed by atoms with Gasteiger partial charge >= 0.3 is 0 Å². The Morgan fingerprint density at radius 2 is 1.89 bits per heavy atom. The summed E-state index contributed by atoms with van der Waals surface area (Å²) in [6.07, 6.45) is 1.58. The van der Waals surface area contributed by atoms with Crippen LogP contribution in [0.5, 0.6) is 11.5 Å². The third kappa shape index (κ3) is 6.37. The van der Waals surface area contributed by atoms with Gasteiger partial charge in [0.1, 0.15) is 0 Å². The molecule has 0 aliphatic rings. The predicted octanol–water partition coefficient (Wildman–Crippen LogP) is 5.96. The van der Waals surface area contributed by atoms with E-state index in [2.05, 4.69) is 11.4 Å². The molecule has 0 bridgehead atoms. The van der Waals surface area contributed by atoms with E-state index in [4.69, 9.17) is 21.1 Å². The third-order valence-electron chi connectivity index (χ3n) is 5.08. The van der Waals surface area contributed by atoms with Crippen molar-refractivity contribution in [3.8, 4) is 17.6 Å². The van der Waals surface area contributed by atoms with Gasteiger partial charge in [-0.3, -0.25) is 14.9 Å². The summed E-state index contributed by atoms with van der Waals surface area (Å²) in [6.45, 7) is 3.59. The van der Waals surface area contributed by atoms with Crippen LogP contribution in [0.4, 0.5) is 11.4 Å². The molecule has 0 aliphatic heterocycles. The monoisotopic (exact) mass is 491 g/mol. The van der Waals surface area contributed by atoms with Gasteiger partial charge < -0.3 is 14.8 Å². The van der Waals surface area contributed by atoms with Crippen molar-refractivity contribution in [1.29, 1.82) is 5.26 Å². The van der Waals surface area contributed by atoms with Gasteiger partial charge in [0.25, 0.3) is 11.6 Å². The number of hydrogen-bond acceptors (Lipinski definition) is 6. The Morgan fingerprint density at radius 1 is 1.17 bits per heavy atom. The van der Waals surface area contributed by atoms with Gasteiger partial charge in [0, 0.05) is 17.8 Å². The van der Waals surface area contributed by atoms with E-state index in [0.29, 0.717) is 16.8 Å².